The molecule has 0 atom stereocenters. The van der Waals surface area contributed by atoms with Crippen LogP contribution in [0.4, 0.5) is 0 Å². The minimum atomic E-state index is 0.222. The lowest BCUT2D eigenvalue weighted by atomic mass is 9.98. The zero-order valence-electron chi connectivity index (χ0n) is 9.12. The Morgan fingerprint density at radius 2 is 2.20 bits per heavy atom. The number of hydroxylamine groups is 2. The maximum absolute atomic E-state index is 11.2. The monoisotopic (exact) mass is 205 g/mol. The van der Waals surface area contributed by atoms with Crippen molar-refractivity contribution in [3.8, 4) is 0 Å². The van der Waals surface area contributed by atoms with Gasteiger partial charge in [-0.15, -0.1) is 0 Å². The number of ketones is 1. The summed E-state index contributed by atoms with van der Waals surface area (Å²) in [5.41, 5.74) is 2.14. The van der Waals surface area contributed by atoms with Crippen molar-refractivity contribution in [3.05, 3.63) is 35.3 Å². The quantitative estimate of drug-likeness (QED) is 0.658. The summed E-state index contributed by atoms with van der Waals surface area (Å²) in [7, 11) is 1.87. The van der Waals surface area contributed by atoms with Crippen molar-refractivity contribution in [2.24, 2.45) is 0 Å². The lowest BCUT2D eigenvalue weighted by Gasteiger charge is -2.12. The normalized spacial score (nSPS) is 24.0. The maximum Gasteiger partial charge on any atom is 0.157 e. The zero-order valence-corrected chi connectivity index (χ0v) is 9.12. The van der Waals surface area contributed by atoms with Gasteiger partial charge in [-0.2, -0.15) is 0 Å². The van der Waals surface area contributed by atoms with Crippen molar-refractivity contribution in [3.63, 3.8) is 0 Å². The molecule has 1 aliphatic heterocycles. The second-order valence-electron chi connectivity index (χ2n) is 3.96. The lowest BCUT2D eigenvalue weighted by Crippen LogP contribution is -2.09. The van der Waals surface area contributed by atoms with Crippen molar-refractivity contribution in [1.82, 2.24) is 5.06 Å². The molecule has 0 bridgehead atoms. The third kappa shape index (κ3) is 2.29. The number of carbonyl (C=O) groups is 1. The molecule has 15 heavy (non-hydrogen) atoms. The molecule has 1 aliphatic carbocycles. The van der Waals surface area contributed by atoms with Gasteiger partial charge in [-0.25, -0.2) is 5.06 Å². The molecule has 80 valence electrons. The molecule has 0 amide bonds. The molecule has 0 spiro atoms. The van der Waals surface area contributed by atoms with E-state index in [-0.39, 0.29) is 5.78 Å². The molecule has 0 aromatic carbocycles. The molecule has 3 heteroatoms. The van der Waals surface area contributed by atoms with Crippen LogP contribution < -0.4 is 0 Å². The van der Waals surface area contributed by atoms with Crippen molar-refractivity contribution >= 4 is 5.78 Å². The minimum absolute atomic E-state index is 0.222. The summed E-state index contributed by atoms with van der Waals surface area (Å²) >= 11 is 0. The zero-order chi connectivity index (χ0) is 10.8. The fraction of sp³-hybridized carbons (Fsp3) is 0.417. The molecule has 2 rings (SSSR count). The van der Waals surface area contributed by atoms with E-state index in [4.69, 9.17) is 4.84 Å². The molecule has 0 unspecified atom stereocenters. The SMILES string of the molecule is CC1=C/C(=C/C2=CC(=O)CCC2)ON1C. The Kier molecular flexibility index (Phi) is 2.62. The molecule has 0 aromatic heterocycles. The van der Waals surface area contributed by atoms with Crippen LogP contribution in [-0.2, 0) is 9.63 Å². The van der Waals surface area contributed by atoms with Crippen LogP contribution in [0.25, 0.3) is 0 Å². The number of rotatable bonds is 1. The van der Waals surface area contributed by atoms with Crippen molar-refractivity contribution < 1.29 is 9.63 Å². The summed E-state index contributed by atoms with van der Waals surface area (Å²) in [5, 5.41) is 1.72. The van der Waals surface area contributed by atoms with Crippen LogP contribution >= 0.6 is 0 Å². The second-order valence-corrected chi connectivity index (χ2v) is 3.96. The van der Waals surface area contributed by atoms with E-state index in [1.165, 1.54) is 0 Å². The van der Waals surface area contributed by atoms with Gasteiger partial charge in [0.25, 0.3) is 0 Å². The van der Waals surface area contributed by atoms with Gasteiger partial charge in [0.2, 0.25) is 0 Å². The molecule has 3 nitrogen and oxygen atoms in total. The van der Waals surface area contributed by atoms with Gasteiger partial charge in [0, 0.05) is 19.5 Å². The number of hydrogen-bond acceptors (Lipinski definition) is 3. The summed E-state index contributed by atoms with van der Waals surface area (Å²) in [6, 6.07) is 0. The van der Waals surface area contributed by atoms with Crippen molar-refractivity contribution in [2.45, 2.75) is 26.2 Å². The van der Waals surface area contributed by atoms with Crippen LogP contribution in [0.5, 0.6) is 0 Å². The topological polar surface area (TPSA) is 29.5 Å². The van der Waals surface area contributed by atoms with E-state index in [2.05, 4.69) is 0 Å². The molecule has 1 heterocycles. The predicted octanol–water partition coefficient (Wildman–Crippen LogP) is 2.33. The number of hydrogen-bond donors (Lipinski definition) is 0. The maximum atomic E-state index is 11.2. The smallest absolute Gasteiger partial charge is 0.157 e. The molecule has 0 fully saturated rings. The highest BCUT2D eigenvalue weighted by molar-refractivity contribution is 5.91. The predicted molar refractivity (Wildman–Crippen MR) is 57.6 cm³/mol. The largest absolute Gasteiger partial charge is 0.380 e. The fourth-order valence-corrected chi connectivity index (χ4v) is 1.74. The number of nitrogens with zero attached hydrogens (tertiary/aromatic N) is 1. The standard InChI is InChI=1S/C12H15NO2/c1-9-6-12(15-13(9)2)8-10-4-3-5-11(14)7-10/h6-8H,3-5H2,1-2H3/b12-8-. The molecule has 0 aromatic rings. The number of allylic oxidation sites excluding steroid dienone is 5. The highest BCUT2D eigenvalue weighted by Gasteiger charge is 2.14. The Morgan fingerprint density at radius 3 is 2.80 bits per heavy atom. The Morgan fingerprint density at radius 1 is 1.40 bits per heavy atom. The average Bonchev–Trinajstić information content (AvgIpc) is 2.45. The Labute approximate surface area is 89.7 Å². The molecule has 0 saturated heterocycles. The van der Waals surface area contributed by atoms with E-state index in [9.17, 15) is 4.79 Å². The Hall–Kier alpha value is -1.51. The first-order valence-corrected chi connectivity index (χ1v) is 5.20. The van der Waals surface area contributed by atoms with Crippen LogP contribution in [0.15, 0.2) is 35.3 Å². The van der Waals surface area contributed by atoms with Crippen molar-refractivity contribution in [2.75, 3.05) is 7.05 Å². The molecule has 0 N–H and O–H groups in total. The molecular formula is C12H15NO2. The van der Waals surface area contributed by atoms with Gasteiger partial charge >= 0.3 is 0 Å². The van der Waals surface area contributed by atoms with Gasteiger partial charge in [0.05, 0.1) is 5.70 Å². The Balaban J connectivity index is 2.14. The van der Waals surface area contributed by atoms with Crippen LogP contribution in [0, 0.1) is 0 Å². The van der Waals surface area contributed by atoms with E-state index in [0.717, 1.165) is 29.9 Å². The average molecular weight is 205 g/mol. The Bertz CT molecular complexity index is 377. The van der Waals surface area contributed by atoms with Gasteiger partial charge < -0.3 is 4.84 Å². The van der Waals surface area contributed by atoms with Gasteiger partial charge in [0.1, 0.15) is 0 Å². The summed E-state index contributed by atoms with van der Waals surface area (Å²) in [6.07, 6.45) is 8.25. The molecule has 0 saturated carbocycles. The van der Waals surface area contributed by atoms with Gasteiger partial charge in [-0.1, -0.05) is 0 Å². The highest BCUT2D eigenvalue weighted by atomic mass is 16.7. The summed E-state index contributed by atoms with van der Waals surface area (Å²) in [6.45, 7) is 1.99. The van der Waals surface area contributed by atoms with Gasteiger partial charge in [0.15, 0.2) is 11.5 Å². The minimum Gasteiger partial charge on any atom is -0.380 e. The lowest BCUT2D eigenvalue weighted by molar-refractivity contribution is -0.115. The van der Waals surface area contributed by atoms with E-state index in [0.29, 0.717) is 6.42 Å². The summed E-state index contributed by atoms with van der Waals surface area (Å²) < 4.78 is 0. The van der Waals surface area contributed by atoms with Gasteiger partial charge in [-0.3, -0.25) is 4.79 Å². The van der Waals surface area contributed by atoms with E-state index >= 15 is 0 Å². The van der Waals surface area contributed by atoms with E-state index in [1.807, 2.05) is 26.1 Å². The van der Waals surface area contributed by atoms with Crippen LogP contribution in [0.1, 0.15) is 26.2 Å². The van der Waals surface area contributed by atoms with Crippen LogP contribution in [0.3, 0.4) is 0 Å². The number of carbonyl (C=O) groups excluding carboxylic acids is 1. The fourth-order valence-electron chi connectivity index (χ4n) is 1.74. The summed E-state index contributed by atoms with van der Waals surface area (Å²) in [4.78, 5) is 16.7. The van der Waals surface area contributed by atoms with Crippen LogP contribution in [0.2, 0.25) is 0 Å². The third-order valence-corrected chi connectivity index (χ3v) is 2.65. The third-order valence-electron chi connectivity index (χ3n) is 2.65. The first kappa shape index (κ1) is 10.0. The first-order valence-electron chi connectivity index (χ1n) is 5.20. The molecule has 2 aliphatic rings. The molecule has 0 radical (unpaired) electrons. The van der Waals surface area contributed by atoms with Crippen molar-refractivity contribution in [1.29, 1.82) is 0 Å². The summed E-state index contributed by atoms with van der Waals surface area (Å²) in [5.74, 6) is 1.04. The van der Waals surface area contributed by atoms with E-state index in [1.54, 1.807) is 11.1 Å². The van der Waals surface area contributed by atoms with Crippen LogP contribution in [-0.4, -0.2) is 17.9 Å². The van der Waals surface area contributed by atoms with E-state index < -0.39 is 0 Å². The first-order chi connectivity index (χ1) is 7.15. The highest BCUT2D eigenvalue weighted by Crippen LogP contribution is 2.23. The van der Waals surface area contributed by atoms with Gasteiger partial charge in [-0.05, 0) is 37.5 Å². The molecular weight excluding hydrogens is 190 g/mol. The second kappa shape index (κ2) is 3.93.